The van der Waals surface area contributed by atoms with Crippen LogP contribution in [0.1, 0.15) is 18.6 Å². The first kappa shape index (κ1) is 16.1. The average Bonchev–Trinajstić information content (AvgIpc) is 2.47. The molecule has 1 saturated heterocycles. The van der Waals surface area contributed by atoms with Crippen molar-refractivity contribution in [3.05, 3.63) is 33.8 Å². The number of morpholine rings is 1. The fourth-order valence-corrected chi connectivity index (χ4v) is 2.41. The number of hydrogen-bond donors (Lipinski definition) is 1. The molecule has 2 amide bonds. The average molecular weight is 331 g/mol. The van der Waals surface area contributed by atoms with Crippen molar-refractivity contribution in [3.8, 4) is 0 Å². The molecule has 0 unspecified atom stereocenters. The molecule has 1 aliphatic heterocycles. The van der Waals surface area contributed by atoms with Crippen LogP contribution in [0.25, 0.3) is 0 Å². The van der Waals surface area contributed by atoms with E-state index in [1.807, 2.05) is 6.07 Å². The predicted molar refractivity (Wildman–Crippen MR) is 80.4 cm³/mol. The molecule has 1 atom stereocenters. The molecule has 7 heteroatoms. The van der Waals surface area contributed by atoms with Gasteiger partial charge in [-0.2, -0.15) is 0 Å². The maximum atomic E-state index is 12.0. The van der Waals surface area contributed by atoms with Gasteiger partial charge in [0.1, 0.15) is 6.10 Å². The van der Waals surface area contributed by atoms with Gasteiger partial charge in [0.25, 0.3) is 0 Å². The van der Waals surface area contributed by atoms with E-state index >= 15 is 0 Å². The van der Waals surface area contributed by atoms with Crippen LogP contribution in [0.2, 0.25) is 10.0 Å². The third kappa shape index (κ3) is 4.33. The van der Waals surface area contributed by atoms with Crippen LogP contribution in [0.4, 0.5) is 0 Å². The van der Waals surface area contributed by atoms with E-state index in [4.69, 9.17) is 27.9 Å². The van der Waals surface area contributed by atoms with Crippen LogP contribution in [-0.4, -0.2) is 43.0 Å². The van der Waals surface area contributed by atoms with Crippen LogP contribution in [0.5, 0.6) is 0 Å². The molecule has 1 aromatic rings. The minimum absolute atomic E-state index is 0.00340. The van der Waals surface area contributed by atoms with Crippen LogP contribution in [0.3, 0.4) is 0 Å². The number of ether oxygens (including phenoxy) is 1. The van der Waals surface area contributed by atoms with Gasteiger partial charge in [-0.3, -0.25) is 9.59 Å². The van der Waals surface area contributed by atoms with Crippen LogP contribution in [-0.2, 0) is 14.3 Å². The highest BCUT2D eigenvalue weighted by Crippen LogP contribution is 2.28. The number of benzene rings is 1. The number of rotatable bonds is 3. The maximum absolute atomic E-state index is 12.0. The maximum Gasteiger partial charge on any atom is 0.242 e. The largest absolute Gasteiger partial charge is 0.370 e. The molecule has 5 nitrogen and oxygen atoms in total. The summed E-state index contributed by atoms with van der Waals surface area (Å²) in [5, 5.41) is 3.44. The topological polar surface area (TPSA) is 58.6 Å². The summed E-state index contributed by atoms with van der Waals surface area (Å²) in [5.41, 5.74) is 0.876. The minimum atomic E-state index is -0.241. The summed E-state index contributed by atoms with van der Waals surface area (Å²) in [6.07, 6.45) is -0.241. The van der Waals surface area contributed by atoms with E-state index in [0.717, 1.165) is 5.56 Å². The van der Waals surface area contributed by atoms with Gasteiger partial charge < -0.3 is 15.0 Å². The Morgan fingerprint density at radius 3 is 2.81 bits per heavy atom. The molecule has 1 N–H and O–H groups in total. The fourth-order valence-electron chi connectivity index (χ4n) is 2.10. The number of amides is 2. The molecule has 0 aromatic heterocycles. The Kier molecular flexibility index (Phi) is 5.45. The van der Waals surface area contributed by atoms with Crippen molar-refractivity contribution in [2.75, 3.05) is 26.2 Å². The summed E-state index contributed by atoms with van der Waals surface area (Å²) < 4.78 is 5.68. The van der Waals surface area contributed by atoms with E-state index < -0.39 is 0 Å². The van der Waals surface area contributed by atoms with Crippen molar-refractivity contribution in [1.82, 2.24) is 10.2 Å². The Morgan fingerprint density at radius 2 is 2.14 bits per heavy atom. The van der Waals surface area contributed by atoms with Gasteiger partial charge in [-0.1, -0.05) is 29.3 Å². The lowest BCUT2D eigenvalue weighted by molar-refractivity contribution is -0.139. The van der Waals surface area contributed by atoms with Crippen LogP contribution in [0.15, 0.2) is 18.2 Å². The van der Waals surface area contributed by atoms with Crippen LogP contribution in [0, 0.1) is 0 Å². The third-order valence-corrected chi connectivity index (χ3v) is 3.96. The summed E-state index contributed by atoms with van der Waals surface area (Å²) in [6, 6.07) is 5.29. The van der Waals surface area contributed by atoms with E-state index in [9.17, 15) is 9.59 Å². The Labute approximate surface area is 133 Å². The van der Waals surface area contributed by atoms with Gasteiger partial charge in [0, 0.05) is 13.5 Å². The zero-order chi connectivity index (χ0) is 15.4. The smallest absolute Gasteiger partial charge is 0.242 e. The lowest BCUT2D eigenvalue weighted by Gasteiger charge is -2.33. The van der Waals surface area contributed by atoms with Gasteiger partial charge in [-0.15, -0.1) is 0 Å². The van der Waals surface area contributed by atoms with Crippen molar-refractivity contribution in [3.63, 3.8) is 0 Å². The molecular formula is C14H16Cl2N2O3. The Balaban J connectivity index is 2.01. The van der Waals surface area contributed by atoms with Crippen molar-refractivity contribution in [2.45, 2.75) is 13.0 Å². The van der Waals surface area contributed by atoms with Crippen molar-refractivity contribution < 1.29 is 14.3 Å². The molecule has 21 heavy (non-hydrogen) atoms. The minimum Gasteiger partial charge on any atom is -0.370 e. The molecule has 0 saturated carbocycles. The summed E-state index contributed by atoms with van der Waals surface area (Å²) in [7, 11) is 0. The van der Waals surface area contributed by atoms with Gasteiger partial charge in [0.15, 0.2) is 0 Å². The molecule has 0 aliphatic carbocycles. The summed E-state index contributed by atoms with van der Waals surface area (Å²) in [6.45, 7) is 2.76. The number of nitrogens with zero attached hydrogens (tertiary/aromatic N) is 1. The second-order valence-electron chi connectivity index (χ2n) is 4.78. The Morgan fingerprint density at radius 1 is 1.38 bits per heavy atom. The van der Waals surface area contributed by atoms with Crippen LogP contribution >= 0.6 is 23.2 Å². The van der Waals surface area contributed by atoms with Gasteiger partial charge in [-0.25, -0.2) is 0 Å². The summed E-state index contributed by atoms with van der Waals surface area (Å²) >= 11 is 11.9. The SMILES string of the molecule is CC(=O)NCC(=O)N1CCO[C@@H](c2ccc(Cl)c(Cl)c2)C1. The Bertz CT molecular complexity index is 551. The van der Waals surface area contributed by atoms with Gasteiger partial charge in [0.05, 0.1) is 29.7 Å². The number of carbonyl (C=O) groups is 2. The van der Waals surface area contributed by atoms with Crippen molar-refractivity contribution >= 4 is 35.0 Å². The van der Waals surface area contributed by atoms with Crippen LogP contribution < -0.4 is 5.32 Å². The van der Waals surface area contributed by atoms with Gasteiger partial charge >= 0.3 is 0 Å². The first-order chi connectivity index (χ1) is 9.97. The first-order valence-corrected chi connectivity index (χ1v) is 7.31. The van der Waals surface area contributed by atoms with E-state index in [1.54, 1.807) is 17.0 Å². The third-order valence-electron chi connectivity index (χ3n) is 3.22. The second kappa shape index (κ2) is 7.11. The molecule has 2 rings (SSSR count). The van der Waals surface area contributed by atoms with E-state index in [0.29, 0.717) is 29.7 Å². The standard InChI is InChI=1S/C14H16Cl2N2O3/c1-9(19)17-7-14(20)18-4-5-21-13(8-18)10-2-3-11(15)12(16)6-10/h2-3,6,13H,4-5,7-8H2,1H3,(H,17,19)/t13-/m1/s1. The molecular weight excluding hydrogens is 315 g/mol. The lowest BCUT2D eigenvalue weighted by atomic mass is 10.1. The molecule has 1 aliphatic rings. The van der Waals surface area contributed by atoms with Gasteiger partial charge in [0.2, 0.25) is 11.8 Å². The molecule has 0 spiro atoms. The van der Waals surface area contributed by atoms with Gasteiger partial charge in [-0.05, 0) is 17.7 Å². The quantitative estimate of drug-likeness (QED) is 0.922. The monoisotopic (exact) mass is 330 g/mol. The zero-order valence-corrected chi connectivity index (χ0v) is 13.1. The summed E-state index contributed by atoms with van der Waals surface area (Å²) in [4.78, 5) is 24.5. The first-order valence-electron chi connectivity index (χ1n) is 6.56. The molecule has 1 aromatic carbocycles. The lowest BCUT2D eigenvalue weighted by Crippen LogP contribution is -2.46. The van der Waals surface area contributed by atoms with E-state index in [1.165, 1.54) is 6.92 Å². The second-order valence-corrected chi connectivity index (χ2v) is 5.60. The summed E-state index contributed by atoms with van der Waals surface area (Å²) in [5.74, 6) is -0.351. The molecule has 1 heterocycles. The predicted octanol–water partition coefficient (Wildman–Crippen LogP) is 2.03. The molecule has 0 radical (unpaired) electrons. The number of halogens is 2. The van der Waals surface area contributed by atoms with E-state index in [-0.39, 0.29) is 24.5 Å². The zero-order valence-electron chi connectivity index (χ0n) is 11.6. The Hall–Kier alpha value is -1.30. The molecule has 1 fully saturated rings. The van der Waals surface area contributed by atoms with E-state index in [2.05, 4.69) is 5.32 Å². The number of carbonyl (C=O) groups excluding carboxylic acids is 2. The van der Waals surface area contributed by atoms with Crippen molar-refractivity contribution in [2.24, 2.45) is 0 Å². The number of nitrogens with one attached hydrogen (secondary N) is 1. The molecule has 114 valence electrons. The molecule has 0 bridgehead atoms. The highest BCUT2D eigenvalue weighted by molar-refractivity contribution is 6.42. The highest BCUT2D eigenvalue weighted by atomic mass is 35.5. The highest BCUT2D eigenvalue weighted by Gasteiger charge is 2.25. The number of hydrogen-bond acceptors (Lipinski definition) is 3. The normalized spacial score (nSPS) is 18.4. The van der Waals surface area contributed by atoms with Crippen molar-refractivity contribution in [1.29, 1.82) is 0 Å². The fraction of sp³-hybridized carbons (Fsp3) is 0.429.